The second kappa shape index (κ2) is 5.42. The molecule has 0 aromatic heterocycles. The summed E-state index contributed by atoms with van der Waals surface area (Å²) in [7, 11) is 1.81. The summed E-state index contributed by atoms with van der Waals surface area (Å²) in [5.74, 6) is 0.502. The Labute approximate surface area is 73.5 Å². The summed E-state index contributed by atoms with van der Waals surface area (Å²) in [6.07, 6.45) is 0.997. The lowest BCUT2D eigenvalue weighted by Gasteiger charge is -2.18. The van der Waals surface area contributed by atoms with Crippen molar-refractivity contribution in [2.45, 2.75) is 20.3 Å². The molecular weight excluding hydrogens is 162 g/mol. The Kier molecular flexibility index (Phi) is 5.30. The largest absolute Gasteiger partial charge is 0.346 e. The SMILES string of the molecule is CCCN(C)C(=O)C(C)CCl. The third-order valence-corrected chi connectivity index (χ3v) is 2.05. The Bertz CT molecular complexity index is 127. The van der Waals surface area contributed by atoms with Gasteiger partial charge in [-0.2, -0.15) is 0 Å². The summed E-state index contributed by atoms with van der Waals surface area (Å²) in [4.78, 5) is 13.0. The first kappa shape index (κ1) is 10.8. The van der Waals surface area contributed by atoms with Gasteiger partial charge in [-0.05, 0) is 6.42 Å². The van der Waals surface area contributed by atoms with Gasteiger partial charge >= 0.3 is 0 Å². The lowest BCUT2D eigenvalue weighted by Crippen LogP contribution is -2.32. The fourth-order valence-electron chi connectivity index (χ4n) is 0.888. The summed E-state index contributed by atoms with van der Waals surface area (Å²) in [5, 5.41) is 0. The van der Waals surface area contributed by atoms with Crippen LogP contribution in [0.1, 0.15) is 20.3 Å². The molecule has 0 spiro atoms. The highest BCUT2D eigenvalue weighted by Gasteiger charge is 2.14. The van der Waals surface area contributed by atoms with Crippen LogP contribution in [-0.4, -0.2) is 30.3 Å². The minimum Gasteiger partial charge on any atom is -0.346 e. The van der Waals surface area contributed by atoms with Crippen molar-refractivity contribution in [3.05, 3.63) is 0 Å². The van der Waals surface area contributed by atoms with Crippen molar-refractivity contribution in [1.29, 1.82) is 0 Å². The molecule has 0 rings (SSSR count). The van der Waals surface area contributed by atoms with Crippen LogP contribution in [0.2, 0.25) is 0 Å². The lowest BCUT2D eigenvalue weighted by molar-refractivity contribution is -0.132. The maximum absolute atomic E-state index is 11.3. The number of hydrogen-bond acceptors (Lipinski definition) is 1. The zero-order valence-electron chi connectivity index (χ0n) is 7.43. The molecule has 0 aliphatic carbocycles. The van der Waals surface area contributed by atoms with Crippen molar-refractivity contribution < 1.29 is 4.79 Å². The van der Waals surface area contributed by atoms with E-state index >= 15 is 0 Å². The zero-order valence-corrected chi connectivity index (χ0v) is 8.19. The van der Waals surface area contributed by atoms with E-state index in [1.165, 1.54) is 0 Å². The predicted octanol–water partition coefficient (Wildman–Crippen LogP) is 1.73. The second-order valence-electron chi connectivity index (χ2n) is 2.82. The molecule has 0 aliphatic heterocycles. The molecule has 0 aromatic carbocycles. The molecule has 0 bridgehead atoms. The van der Waals surface area contributed by atoms with E-state index < -0.39 is 0 Å². The molecule has 0 aliphatic rings. The molecule has 0 radical (unpaired) electrons. The van der Waals surface area contributed by atoms with Crippen molar-refractivity contribution in [3.8, 4) is 0 Å². The van der Waals surface area contributed by atoms with Crippen molar-refractivity contribution in [2.75, 3.05) is 19.5 Å². The first-order valence-electron chi connectivity index (χ1n) is 3.94. The molecule has 2 nitrogen and oxygen atoms in total. The summed E-state index contributed by atoms with van der Waals surface area (Å²) in [5.41, 5.74) is 0. The number of carbonyl (C=O) groups is 1. The van der Waals surface area contributed by atoms with E-state index in [9.17, 15) is 4.79 Å². The van der Waals surface area contributed by atoms with Crippen molar-refractivity contribution in [1.82, 2.24) is 4.90 Å². The maximum atomic E-state index is 11.3. The van der Waals surface area contributed by atoms with Gasteiger partial charge in [-0.1, -0.05) is 13.8 Å². The number of halogens is 1. The number of nitrogens with zero attached hydrogens (tertiary/aromatic N) is 1. The van der Waals surface area contributed by atoms with Crippen LogP contribution in [0.15, 0.2) is 0 Å². The molecule has 1 atom stereocenters. The Morgan fingerprint density at radius 3 is 2.55 bits per heavy atom. The van der Waals surface area contributed by atoms with Crippen LogP contribution >= 0.6 is 11.6 Å². The van der Waals surface area contributed by atoms with Gasteiger partial charge in [-0.25, -0.2) is 0 Å². The van der Waals surface area contributed by atoms with E-state index in [2.05, 4.69) is 6.92 Å². The van der Waals surface area contributed by atoms with Gasteiger partial charge in [0.15, 0.2) is 0 Å². The number of amides is 1. The molecule has 1 amide bonds. The molecule has 0 fully saturated rings. The molecule has 0 saturated heterocycles. The summed E-state index contributed by atoms with van der Waals surface area (Å²) >= 11 is 5.54. The number of alkyl halides is 1. The van der Waals surface area contributed by atoms with Crippen molar-refractivity contribution >= 4 is 17.5 Å². The number of rotatable bonds is 4. The van der Waals surface area contributed by atoms with E-state index in [1.807, 2.05) is 14.0 Å². The monoisotopic (exact) mass is 177 g/mol. The van der Waals surface area contributed by atoms with Crippen LogP contribution in [0.5, 0.6) is 0 Å². The lowest BCUT2D eigenvalue weighted by atomic mass is 10.2. The molecular formula is C8H16ClNO. The third-order valence-electron chi connectivity index (χ3n) is 1.59. The fraction of sp³-hybridized carbons (Fsp3) is 0.875. The molecule has 1 unspecified atom stereocenters. The van der Waals surface area contributed by atoms with Crippen LogP contribution in [0.4, 0.5) is 0 Å². The van der Waals surface area contributed by atoms with Gasteiger partial charge in [0.1, 0.15) is 0 Å². The van der Waals surface area contributed by atoms with E-state index in [4.69, 9.17) is 11.6 Å². The highest BCUT2D eigenvalue weighted by Crippen LogP contribution is 2.03. The number of carbonyl (C=O) groups excluding carboxylic acids is 1. The maximum Gasteiger partial charge on any atom is 0.226 e. The van der Waals surface area contributed by atoms with Crippen LogP contribution < -0.4 is 0 Å². The molecule has 0 aromatic rings. The molecule has 0 heterocycles. The topological polar surface area (TPSA) is 20.3 Å². The van der Waals surface area contributed by atoms with E-state index in [0.29, 0.717) is 5.88 Å². The molecule has 11 heavy (non-hydrogen) atoms. The standard InChI is InChI=1S/C8H16ClNO/c1-4-5-10(3)8(11)7(2)6-9/h7H,4-6H2,1-3H3. The summed E-state index contributed by atoms with van der Waals surface area (Å²) in [6, 6.07) is 0. The minimum atomic E-state index is -0.0479. The quantitative estimate of drug-likeness (QED) is 0.599. The summed E-state index contributed by atoms with van der Waals surface area (Å²) < 4.78 is 0. The Balaban J connectivity index is 3.81. The van der Waals surface area contributed by atoms with Gasteiger partial charge < -0.3 is 4.90 Å². The van der Waals surface area contributed by atoms with E-state index in [1.54, 1.807) is 4.90 Å². The van der Waals surface area contributed by atoms with Gasteiger partial charge in [0, 0.05) is 25.4 Å². The first-order chi connectivity index (χ1) is 5.13. The average Bonchev–Trinajstić information content (AvgIpc) is 2.02. The highest BCUT2D eigenvalue weighted by atomic mass is 35.5. The van der Waals surface area contributed by atoms with Crippen molar-refractivity contribution in [2.24, 2.45) is 5.92 Å². The van der Waals surface area contributed by atoms with Gasteiger partial charge in [0.25, 0.3) is 0 Å². The third kappa shape index (κ3) is 3.61. The molecule has 3 heteroatoms. The molecule has 0 saturated carbocycles. The highest BCUT2D eigenvalue weighted by molar-refractivity contribution is 6.19. The average molecular weight is 178 g/mol. The summed E-state index contributed by atoms with van der Waals surface area (Å²) in [6.45, 7) is 4.72. The second-order valence-corrected chi connectivity index (χ2v) is 3.12. The van der Waals surface area contributed by atoms with Crippen LogP contribution in [0.3, 0.4) is 0 Å². The van der Waals surface area contributed by atoms with Crippen molar-refractivity contribution in [3.63, 3.8) is 0 Å². The normalized spacial score (nSPS) is 12.7. The van der Waals surface area contributed by atoms with Gasteiger partial charge in [-0.15, -0.1) is 11.6 Å². The Morgan fingerprint density at radius 2 is 2.18 bits per heavy atom. The molecule has 0 N–H and O–H groups in total. The smallest absolute Gasteiger partial charge is 0.226 e. The molecule has 66 valence electrons. The predicted molar refractivity (Wildman–Crippen MR) is 47.8 cm³/mol. The van der Waals surface area contributed by atoms with Gasteiger partial charge in [0.05, 0.1) is 0 Å². The minimum absolute atomic E-state index is 0.0479. The van der Waals surface area contributed by atoms with E-state index in [0.717, 1.165) is 13.0 Å². The van der Waals surface area contributed by atoms with E-state index in [-0.39, 0.29) is 11.8 Å². The van der Waals surface area contributed by atoms with Crippen LogP contribution in [0, 0.1) is 5.92 Å². The zero-order chi connectivity index (χ0) is 8.85. The fourth-order valence-corrected chi connectivity index (χ4v) is 1.02. The first-order valence-corrected chi connectivity index (χ1v) is 4.47. The van der Waals surface area contributed by atoms with Crippen LogP contribution in [0.25, 0.3) is 0 Å². The van der Waals surface area contributed by atoms with Crippen LogP contribution in [-0.2, 0) is 4.79 Å². The van der Waals surface area contributed by atoms with Gasteiger partial charge in [0.2, 0.25) is 5.91 Å². The van der Waals surface area contributed by atoms with Gasteiger partial charge in [-0.3, -0.25) is 4.79 Å². The Morgan fingerprint density at radius 1 is 1.64 bits per heavy atom. The Hall–Kier alpha value is -0.240. The number of hydrogen-bond donors (Lipinski definition) is 0.